The molecule has 0 aliphatic heterocycles. The van der Waals surface area contributed by atoms with Crippen molar-refractivity contribution in [1.82, 2.24) is 0 Å². The average molecular weight is 250 g/mol. The normalized spacial score (nSPS) is 33.3. The lowest BCUT2D eigenvalue weighted by molar-refractivity contribution is 0.0785. The second kappa shape index (κ2) is 6.96. The van der Waals surface area contributed by atoms with Gasteiger partial charge < -0.3 is 0 Å². The van der Waals surface area contributed by atoms with Gasteiger partial charge in [0, 0.05) is 0 Å². The summed E-state index contributed by atoms with van der Waals surface area (Å²) in [4.78, 5) is 0. The first-order chi connectivity index (χ1) is 8.83. The lowest BCUT2D eigenvalue weighted by Gasteiger charge is -2.42. The maximum absolute atomic E-state index is 2.37. The molecule has 0 heterocycles. The molecule has 2 rings (SSSR count). The highest BCUT2D eigenvalue weighted by Gasteiger charge is 2.47. The fraction of sp³-hybridized carbons (Fsp3) is 1.00. The van der Waals surface area contributed by atoms with Crippen molar-refractivity contribution >= 4 is 0 Å². The van der Waals surface area contributed by atoms with E-state index in [1.165, 1.54) is 51.4 Å². The zero-order chi connectivity index (χ0) is 12.8. The van der Waals surface area contributed by atoms with Crippen molar-refractivity contribution in [1.29, 1.82) is 0 Å². The van der Waals surface area contributed by atoms with Gasteiger partial charge in [0.15, 0.2) is 0 Å². The zero-order valence-corrected chi connectivity index (χ0v) is 12.8. The van der Waals surface area contributed by atoms with E-state index in [1.54, 1.807) is 32.1 Å². The molecule has 0 aromatic rings. The molecule has 2 fully saturated rings. The van der Waals surface area contributed by atoms with Crippen LogP contribution in [0.1, 0.15) is 97.3 Å². The Bertz CT molecular complexity index is 226. The van der Waals surface area contributed by atoms with E-state index in [-0.39, 0.29) is 0 Å². The van der Waals surface area contributed by atoms with Gasteiger partial charge in [-0.1, -0.05) is 58.8 Å². The van der Waals surface area contributed by atoms with Gasteiger partial charge in [-0.15, -0.1) is 0 Å². The van der Waals surface area contributed by atoms with Crippen molar-refractivity contribution in [3.8, 4) is 0 Å². The molecule has 0 saturated heterocycles. The third-order valence-electron chi connectivity index (χ3n) is 6.08. The van der Waals surface area contributed by atoms with Crippen LogP contribution < -0.4 is 0 Å². The molecule has 0 amide bonds. The van der Waals surface area contributed by atoms with Gasteiger partial charge in [-0.05, 0) is 55.8 Å². The van der Waals surface area contributed by atoms with E-state index < -0.39 is 0 Å². The fourth-order valence-corrected chi connectivity index (χ4v) is 5.13. The van der Waals surface area contributed by atoms with Crippen molar-refractivity contribution in [2.45, 2.75) is 97.3 Å². The van der Waals surface area contributed by atoms with Gasteiger partial charge in [0.05, 0.1) is 0 Å². The SMILES string of the molecule is CCCCC1CCCC1(CCCC)C1CCCC1. The van der Waals surface area contributed by atoms with E-state index >= 15 is 0 Å². The first-order valence-electron chi connectivity index (χ1n) is 8.83. The summed E-state index contributed by atoms with van der Waals surface area (Å²) in [6, 6.07) is 0. The van der Waals surface area contributed by atoms with Crippen LogP contribution in [0.3, 0.4) is 0 Å². The van der Waals surface area contributed by atoms with Crippen LogP contribution in [0, 0.1) is 17.3 Å². The zero-order valence-electron chi connectivity index (χ0n) is 12.8. The highest BCUT2D eigenvalue weighted by Crippen LogP contribution is 2.57. The summed E-state index contributed by atoms with van der Waals surface area (Å²) in [5.74, 6) is 2.19. The first kappa shape index (κ1) is 14.4. The Kier molecular flexibility index (Phi) is 5.57. The monoisotopic (exact) mass is 250 g/mol. The van der Waals surface area contributed by atoms with Gasteiger partial charge in [-0.25, -0.2) is 0 Å². The van der Waals surface area contributed by atoms with E-state index in [9.17, 15) is 0 Å². The Morgan fingerprint density at radius 3 is 2.28 bits per heavy atom. The second-order valence-corrected chi connectivity index (χ2v) is 7.05. The van der Waals surface area contributed by atoms with Crippen LogP contribution in [0.4, 0.5) is 0 Å². The summed E-state index contributed by atoms with van der Waals surface area (Å²) in [6.07, 6.45) is 19.7. The molecule has 2 saturated carbocycles. The standard InChI is InChI=1S/C18H34/c1-3-5-10-16-13-9-15-18(16,14-6-4-2)17-11-7-8-12-17/h16-17H,3-15H2,1-2H3. The van der Waals surface area contributed by atoms with Gasteiger partial charge in [-0.3, -0.25) is 0 Å². The molecule has 2 atom stereocenters. The fourth-order valence-electron chi connectivity index (χ4n) is 5.13. The van der Waals surface area contributed by atoms with Crippen LogP contribution in [0.5, 0.6) is 0 Å². The van der Waals surface area contributed by atoms with Gasteiger partial charge in [0.25, 0.3) is 0 Å². The van der Waals surface area contributed by atoms with Crippen LogP contribution in [-0.4, -0.2) is 0 Å². The number of hydrogen-bond donors (Lipinski definition) is 0. The molecule has 0 nitrogen and oxygen atoms in total. The topological polar surface area (TPSA) is 0 Å². The Morgan fingerprint density at radius 1 is 0.889 bits per heavy atom. The van der Waals surface area contributed by atoms with Gasteiger partial charge in [-0.2, -0.15) is 0 Å². The average Bonchev–Trinajstić information content (AvgIpc) is 3.03. The predicted octanol–water partition coefficient (Wildman–Crippen LogP) is 6.34. The summed E-state index contributed by atoms with van der Waals surface area (Å²) in [5.41, 5.74) is 0.793. The summed E-state index contributed by atoms with van der Waals surface area (Å²) in [7, 11) is 0. The minimum absolute atomic E-state index is 0.793. The highest BCUT2D eigenvalue weighted by atomic mass is 14.5. The van der Waals surface area contributed by atoms with Crippen molar-refractivity contribution in [2.75, 3.05) is 0 Å². The van der Waals surface area contributed by atoms with E-state index in [0.29, 0.717) is 0 Å². The molecule has 0 N–H and O–H groups in total. The summed E-state index contributed by atoms with van der Waals surface area (Å²) in [6.45, 7) is 4.73. The molecule has 2 aliphatic carbocycles. The van der Waals surface area contributed by atoms with Crippen molar-refractivity contribution < 1.29 is 0 Å². The lowest BCUT2D eigenvalue weighted by atomic mass is 9.63. The Balaban J connectivity index is 2.05. The summed E-state index contributed by atoms with van der Waals surface area (Å²) < 4.78 is 0. The lowest BCUT2D eigenvalue weighted by Crippen LogP contribution is -2.33. The van der Waals surface area contributed by atoms with Crippen LogP contribution in [0.25, 0.3) is 0 Å². The maximum Gasteiger partial charge on any atom is -0.0241 e. The van der Waals surface area contributed by atoms with E-state index in [4.69, 9.17) is 0 Å². The smallest absolute Gasteiger partial charge is 0.0241 e. The highest BCUT2D eigenvalue weighted by molar-refractivity contribution is 4.97. The third kappa shape index (κ3) is 2.94. The number of unbranched alkanes of at least 4 members (excludes halogenated alkanes) is 2. The quantitative estimate of drug-likeness (QED) is 0.494. The minimum Gasteiger partial charge on any atom is -0.0654 e. The molecule has 0 heteroatoms. The second-order valence-electron chi connectivity index (χ2n) is 7.05. The minimum atomic E-state index is 0.793. The molecule has 0 aromatic carbocycles. The van der Waals surface area contributed by atoms with Crippen LogP contribution >= 0.6 is 0 Å². The van der Waals surface area contributed by atoms with Crippen LogP contribution in [0.15, 0.2) is 0 Å². The van der Waals surface area contributed by atoms with Crippen LogP contribution in [0.2, 0.25) is 0 Å². The molecule has 0 bridgehead atoms. The molecule has 106 valence electrons. The summed E-state index contributed by atoms with van der Waals surface area (Å²) in [5, 5.41) is 0. The molecule has 2 aliphatic rings. The van der Waals surface area contributed by atoms with Crippen molar-refractivity contribution in [3.63, 3.8) is 0 Å². The van der Waals surface area contributed by atoms with E-state index in [1.807, 2.05) is 0 Å². The largest absolute Gasteiger partial charge is 0.0654 e. The molecule has 18 heavy (non-hydrogen) atoms. The molecular weight excluding hydrogens is 216 g/mol. The third-order valence-corrected chi connectivity index (χ3v) is 6.08. The van der Waals surface area contributed by atoms with Crippen molar-refractivity contribution in [3.05, 3.63) is 0 Å². The maximum atomic E-state index is 2.37. The summed E-state index contributed by atoms with van der Waals surface area (Å²) >= 11 is 0. The van der Waals surface area contributed by atoms with Gasteiger partial charge >= 0.3 is 0 Å². The Morgan fingerprint density at radius 2 is 1.61 bits per heavy atom. The molecule has 0 radical (unpaired) electrons. The Labute approximate surface area is 115 Å². The van der Waals surface area contributed by atoms with E-state index in [2.05, 4.69) is 13.8 Å². The molecule has 0 spiro atoms. The molecule has 2 unspecified atom stereocenters. The first-order valence-corrected chi connectivity index (χ1v) is 8.83. The van der Waals surface area contributed by atoms with Crippen molar-refractivity contribution in [2.24, 2.45) is 17.3 Å². The van der Waals surface area contributed by atoms with Crippen LogP contribution in [-0.2, 0) is 0 Å². The predicted molar refractivity (Wildman–Crippen MR) is 80.8 cm³/mol. The van der Waals surface area contributed by atoms with E-state index in [0.717, 1.165) is 17.3 Å². The molecular formula is C18H34. The van der Waals surface area contributed by atoms with Gasteiger partial charge in [0.2, 0.25) is 0 Å². The number of rotatable bonds is 7. The number of hydrogen-bond acceptors (Lipinski definition) is 0. The molecule has 0 aromatic heterocycles. The van der Waals surface area contributed by atoms with Gasteiger partial charge in [0.1, 0.15) is 0 Å². The Hall–Kier alpha value is 0.